The van der Waals surface area contributed by atoms with Crippen molar-refractivity contribution in [1.29, 1.82) is 5.26 Å². The molecule has 0 N–H and O–H groups in total. The van der Waals surface area contributed by atoms with Gasteiger partial charge in [-0.15, -0.1) is 22.7 Å². The van der Waals surface area contributed by atoms with Crippen LogP contribution in [0.3, 0.4) is 0 Å². The number of aryl methyl sites for hydroxylation is 1. The highest BCUT2D eigenvalue weighted by Crippen LogP contribution is 2.35. The highest BCUT2D eigenvalue weighted by Gasteiger charge is 2.26. The summed E-state index contributed by atoms with van der Waals surface area (Å²) in [5, 5.41) is 12.5. The number of rotatable bonds is 5. The van der Waals surface area contributed by atoms with Gasteiger partial charge in [-0.25, -0.2) is 9.78 Å². The molecule has 25 heavy (non-hydrogen) atoms. The van der Waals surface area contributed by atoms with Crippen LogP contribution in [0.15, 0.2) is 29.6 Å². The molecule has 0 radical (unpaired) electrons. The second kappa shape index (κ2) is 7.31. The zero-order valence-corrected chi connectivity index (χ0v) is 15.4. The van der Waals surface area contributed by atoms with Crippen LogP contribution < -0.4 is 0 Å². The number of fused-ring (bicyclic) bond motifs is 1. The van der Waals surface area contributed by atoms with Crippen LogP contribution in [0.4, 0.5) is 0 Å². The topological polar surface area (TPSA) is 80.0 Å². The Kier molecular flexibility index (Phi) is 5.13. The van der Waals surface area contributed by atoms with E-state index >= 15 is 0 Å². The number of carbonyl (C=O) groups is 2. The molecule has 3 rings (SSSR count). The fourth-order valence-corrected chi connectivity index (χ4v) is 4.46. The number of esters is 1. The Bertz CT molecular complexity index is 1000. The number of aromatic nitrogens is 1. The van der Waals surface area contributed by atoms with Gasteiger partial charge in [0.15, 0.2) is 18.3 Å². The number of nitrogens with zero attached hydrogens (tertiary/aromatic N) is 2. The first-order valence-electron chi connectivity index (χ1n) is 7.19. The van der Waals surface area contributed by atoms with Gasteiger partial charge < -0.3 is 4.74 Å². The Morgan fingerprint density at radius 1 is 1.40 bits per heavy atom. The van der Waals surface area contributed by atoms with Gasteiger partial charge in [0.05, 0.1) is 11.1 Å². The molecule has 2 heterocycles. The van der Waals surface area contributed by atoms with E-state index in [1.807, 2.05) is 30.3 Å². The average Bonchev–Trinajstić information content (AvgIpc) is 3.18. The van der Waals surface area contributed by atoms with E-state index < -0.39 is 24.3 Å². The maximum Gasteiger partial charge on any atom is 0.350 e. The fraction of sp³-hybridized carbons (Fsp3) is 0.176. The van der Waals surface area contributed by atoms with Crippen LogP contribution in [-0.4, -0.2) is 23.3 Å². The average molecular weight is 391 g/mol. The van der Waals surface area contributed by atoms with Gasteiger partial charge in [0, 0.05) is 21.2 Å². The van der Waals surface area contributed by atoms with E-state index in [1.54, 1.807) is 12.3 Å². The third kappa shape index (κ3) is 3.56. The number of ketones is 1. The van der Waals surface area contributed by atoms with Crippen molar-refractivity contribution >= 4 is 56.1 Å². The molecule has 0 unspecified atom stereocenters. The first-order chi connectivity index (χ1) is 12.0. The smallest absolute Gasteiger partial charge is 0.350 e. The lowest BCUT2D eigenvalue weighted by Gasteiger charge is -2.06. The van der Waals surface area contributed by atoms with E-state index in [0.29, 0.717) is 10.0 Å². The second-order valence-electron chi connectivity index (χ2n) is 5.17. The molecule has 2 aromatic heterocycles. The first kappa shape index (κ1) is 17.5. The van der Waals surface area contributed by atoms with Crippen molar-refractivity contribution in [2.75, 3.05) is 6.61 Å². The number of hydrogen-bond donors (Lipinski definition) is 0. The molecule has 0 aliphatic heterocycles. The molecule has 0 saturated heterocycles. The van der Waals surface area contributed by atoms with Gasteiger partial charge in [0.25, 0.3) is 0 Å². The fourth-order valence-electron chi connectivity index (χ4n) is 2.20. The number of thiophene rings is 1. The van der Waals surface area contributed by atoms with Crippen LogP contribution in [0.1, 0.15) is 26.3 Å². The third-order valence-electron chi connectivity index (χ3n) is 3.40. The van der Waals surface area contributed by atoms with Crippen molar-refractivity contribution in [3.05, 3.63) is 50.2 Å². The van der Waals surface area contributed by atoms with E-state index in [-0.39, 0.29) is 4.88 Å². The Balaban J connectivity index is 1.71. The first-order valence-corrected chi connectivity index (χ1v) is 9.27. The molecule has 0 bridgehead atoms. The highest BCUT2D eigenvalue weighted by molar-refractivity contribution is 7.21. The van der Waals surface area contributed by atoms with Gasteiger partial charge in [0.2, 0.25) is 0 Å². The predicted molar refractivity (Wildman–Crippen MR) is 97.3 cm³/mol. The van der Waals surface area contributed by atoms with Crippen LogP contribution in [0.5, 0.6) is 0 Å². The minimum atomic E-state index is -1.04. The molecule has 0 aliphatic rings. The summed E-state index contributed by atoms with van der Waals surface area (Å²) in [6, 6.07) is 9.25. The number of Topliss-reactive ketones (excluding diaryl/α,β-unsaturated/α-hetero) is 1. The number of carbonyl (C=O) groups excluding carboxylic acids is 2. The molecule has 3 aromatic rings. The van der Waals surface area contributed by atoms with Crippen molar-refractivity contribution in [3.8, 4) is 6.07 Å². The zero-order chi connectivity index (χ0) is 18.0. The number of benzene rings is 1. The lowest BCUT2D eigenvalue weighted by molar-refractivity contribution is -0.122. The number of thiazole rings is 1. The van der Waals surface area contributed by atoms with E-state index in [1.165, 1.54) is 22.7 Å². The number of ether oxygens (including phenoxy) is 1. The molecule has 126 valence electrons. The van der Waals surface area contributed by atoms with Crippen LogP contribution in [0.25, 0.3) is 10.1 Å². The van der Waals surface area contributed by atoms with Crippen molar-refractivity contribution in [1.82, 2.24) is 4.98 Å². The van der Waals surface area contributed by atoms with Gasteiger partial charge in [-0.05, 0) is 13.0 Å². The van der Waals surface area contributed by atoms with Crippen molar-refractivity contribution in [2.24, 2.45) is 0 Å². The Morgan fingerprint density at radius 3 is 2.80 bits per heavy atom. The second-order valence-corrected chi connectivity index (χ2v) is 7.49. The van der Waals surface area contributed by atoms with Crippen molar-refractivity contribution < 1.29 is 14.3 Å². The van der Waals surface area contributed by atoms with E-state index in [0.717, 1.165) is 15.8 Å². The summed E-state index contributed by atoms with van der Waals surface area (Å²) >= 11 is 8.66. The van der Waals surface area contributed by atoms with Gasteiger partial charge in [-0.1, -0.05) is 29.8 Å². The van der Waals surface area contributed by atoms with Crippen LogP contribution in [0, 0.1) is 18.3 Å². The third-order valence-corrected chi connectivity index (χ3v) is 6.08. The molecule has 0 fully saturated rings. The number of halogens is 1. The molecule has 0 saturated carbocycles. The molecule has 5 nitrogen and oxygen atoms in total. The number of nitriles is 1. The van der Waals surface area contributed by atoms with Gasteiger partial charge >= 0.3 is 5.97 Å². The Labute approximate surface area is 156 Å². The molecular weight excluding hydrogens is 380 g/mol. The lowest BCUT2D eigenvalue weighted by Crippen LogP contribution is -2.19. The summed E-state index contributed by atoms with van der Waals surface area (Å²) in [6.07, 6.45) is 0. The standard InChI is InChI=1S/C17H11ClN2O3S2/c1-9-8-24-16(20-9)11(6-19)12(21)7-23-17(22)15-14(18)10-4-2-3-5-13(10)25-15/h2-5,8,11H,7H2,1H3/t11-/m0/s1. The van der Waals surface area contributed by atoms with E-state index in [2.05, 4.69) is 4.98 Å². The quantitative estimate of drug-likeness (QED) is 0.605. The monoisotopic (exact) mass is 390 g/mol. The van der Waals surface area contributed by atoms with Gasteiger partial charge in [-0.2, -0.15) is 5.26 Å². The predicted octanol–water partition coefficient (Wildman–Crippen LogP) is 4.35. The Morgan fingerprint density at radius 2 is 2.16 bits per heavy atom. The van der Waals surface area contributed by atoms with Crippen molar-refractivity contribution in [2.45, 2.75) is 12.8 Å². The number of hydrogen-bond acceptors (Lipinski definition) is 7. The minimum absolute atomic E-state index is 0.245. The molecule has 0 spiro atoms. The Hall–Kier alpha value is -2.27. The van der Waals surface area contributed by atoms with E-state index in [9.17, 15) is 14.9 Å². The van der Waals surface area contributed by atoms with Crippen LogP contribution >= 0.6 is 34.3 Å². The van der Waals surface area contributed by atoms with Crippen molar-refractivity contribution in [3.63, 3.8) is 0 Å². The summed E-state index contributed by atoms with van der Waals surface area (Å²) in [5.41, 5.74) is 0.738. The normalized spacial score (nSPS) is 11.9. The molecule has 0 aliphatic carbocycles. The molecule has 0 amide bonds. The summed E-state index contributed by atoms with van der Waals surface area (Å²) in [4.78, 5) is 28.9. The summed E-state index contributed by atoms with van der Waals surface area (Å²) in [5.74, 6) is -2.22. The van der Waals surface area contributed by atoms with Crippen LogP contribution in [0.2, 0.25) is 5.02 Å². The van der Waals surface area contributed by atoms with Gasteiger partial charge in [0.1, 0.15) is 9.88 Å². The maximum atomic E-state index is 12.2. The lowest BCUT2D eigenvalue weighted by atomic mass is 10.1. The largest absolute Gasteiger partial charge is 0.453 e. The maximum absolute atomic E-state index is 12.2. The molecule has 1 aromatic carbocycles. The molecule has 8 heteroatoms. The highest BCUT2D eigenvalue weighted by atomic mass is 35.5. The minimum Gasteiger partial charge on any atom is -0.453 e. The SMILES string of the molecule is Cc1csc([C@@H](C#N)C(=O)COC(=O)c2sc3ccccc3c2Cl)n1. The summed E-state index contributed by atoms with van der Waals surface area (Å²) in [7, 11) is 0. The van der Waals surface area contributed by atoms with E-state index in [4.69, 9.17) is 16.3 Å². The molecular formula is C17H11ClN2O3S2. The molecule has 1 atom stereocenters. The van der Waals surface area contributed by atoms with Crippen LogP contribution in [-0.2, 0) is 9.53 Å². The zero-order valence-electron chi connectivity index (χ0n) is 13.0. The van der Waals surface area contributed by atoms with Gasteiger partial charge in [-0.3, -0.25) is 4.79 Å². The summed E-state index contributed by atoms with van der Waals surface area (Å²) < 4.78 is 5.93. The summed E-state index contributed by atoms with van der Waals surface area (Å²) in [6.45, 7) is 1.28.